The minimum Gasteiger partial charge on any atom is -0.493 e. The van der Waals surface area contributed by atoms with Crippen molar-refractivity contribution >= 4 is 33.0 Å². The molecule has 0 aliphatic carbocycles. The van der Waals surface area contributed by atoms with Gasteiger partial charge in [-0.25, -0.2) is 4.98 Å². The second-order valence-electron chi connectivity index (χ2n) is 8.86. The second-order valence-corrected chi connectivity index (χ2v) is 9.78. The van der Waals surface area contributed by atoms with Gasteiger partial charge in [0.05, 0.1) is 24.2 Å². The van der Waals surface area contributed by atoms with E-state index < -0.39 is 5.41 Å². The van der Waals surface area contributed by atoms with Crippen LogP contribution in [-0.4, -0.2) is 23.0 Å². The molecule has 0 aliphatic heterocycles. The number of rotatable bonds is 6. The van der Waals surface area contributed by atoms with Gasteiger partial charge in [0, 0.05) is 15.5 Å². The number of hydrogen-bond acceptors (Lipinski definition) is 5. The number of aromatic nitrogens is 2. The third-order valence-corrected chi connectivity index (χ3v) is 5.74. The number of methoxy groups -OCH3 is 1. The molecule has 0 radical (unpaired) electrons. The molecule has 0 saturated heterocycles. The van der Waals surface area contributed by atoms with E-state index in [0.717, 1.165) is 10.0 Å². The van der Waals surface area contributed by atoms with Crippen LogP contribution >= 0.6 is 15.9 Å². The Hall–Kier alpha value is -3.45. The van der Waals surface area contributed by atoms with Gasteiger partial charge in [0.15, 0.2) is 11.5 Å². The maximum Gasteiger partial charge on any atom is 0.282 e. The lowest BCUT2D eigenvalue weighted by atomic mass is 9.95. The van der Waals surface area contributed by atoms with Crippen LogP contribution in [0.3, 0.4) is 0 Å². The summed E-state index contributed by atoms with van der Waals surface area (Å²) in [5, 5.41) is 5.07. The third kappa shape index (κ3) is 5.04. The quantitative estimate of drug-likeness (QED) is 0.296. The molecule has 7 heteroatoms. The Labute approximate surface area is 207 Å². The molecule has 0 fully saturated rings. The highest BCUT2D eigenvalue weighted by Gasteiger charge is 2.23. The molecule has 0 aliphatic rings. The average molecular weight is 520 g/mol. The van der Waals surface area contributed by atoms with Gasteiger partial charge in [0.2, 0.25) is 0 Å². The standard InChI is InChI=1S/C27H26BrN3O3/c1-27(2,3)26-30-22-14-13-20(28)15-21(22)25(32)31(26)29-16-19-11-8-12-23(33-4)24(19)34-17-18-9-6-5-7-10-18/h5-16H,17H2,1-4H3. The molecule has 0 unspecified atom stereocenters. The average Bonchev–Trinajstić information content (AvgIpc) is 2.82. The Morgan fingerprint density at radius 2 is 1.82 bits per heavy atom. The molecular formula is C27H26BrN3O3. The van der Waals surface area contributed by atoms with Crippen LogP contribution in [0.4, 0.5) is 0 Å². The van der Waals surface area contributed by atoms with Crippen LogP contribution in [0.1, 0.15) is 37.7 Å². The molecule has 34 heavy (non-hydrogen) atoms. The van der Waals surface area contributed by atoms with Crippen LogP contribution in [0.2, 0.25) is 0 Å². The number of ether oxygens (including phenoxy) is 2. The summed E-state index contributed by atoms with van der Waals surface area (Å²) in [6.45, 7) is 6.39. The minimum absolute atomic E-state index is 0.234. The molecule has 6 nitrogen and oxygen atoms in total. The van der Waals surface area contributed by atoms with E-state index in [1.165, 1.54) is 4.68 Å². The third-order valence-electron chi connectivity index (χ3n) is 5.25. The lowest BCUT2D eigenvalue weighted by molar-refractivity contribution is 0.284. The fraction of sp³-hybridized carbons (Fsp3) is 0.222. The summed E-state index contributed by atoms with van der Waals surface area (Å²) >= 11 is 3.44. The maximum atomic E-state index is 13.4. The van der Waals surface area contributed by atoms with Crippen LogP contribution in [0.25, 0.3) is 10.9 Å². The Balaban J connectivity index is 1.80. The number of nitrogens with zero attached hydrogens (tertiary/aromatic N) is 3. The summed E-state index contributed by atoms with van der Waals surface area (Å²) in [4.78, 5) is 18.2. The van der Waals surface area contributed by atoms with Gasteiger partial charge in [-0.2, -0.15) is 9.78 Å². The lowest BCUT2D eigenvalue weighted by Gasteiger charge is -2.21. The fourth-order valence-corrected chi connectivity index (χ4v) is 3.90. The monoisotopic (exact) mass is 519 g/mol. The van der Waals surface area contributed by atoms with Gasteiger partial charge < -0.3 is 9.47 Å². The van der Waals surface area contributed by atoms with Crippen molar-refractivity contribution in [3.63, 3.8) is 0 Å². The maximum absolute atomic E-state index is 13.4. The van der Waals surface area contributed by atoms with Crippen molar-refractivity contribution in [2.75, 3.05) is 7.11 Å². The van der Waals surface area contributed by atoms with E-state index in [0.29, 0.717) is 40.4 Å². The minimum atomic E-state index is -0.404. The highest BCUT2D eigenvalue weighted by Crippen LogP contribution is 2.31. The van der Waals surface area contributed by atoms with E-state index in [2.05, 4.69) is 21.0 Å². The molecule has 0 bridgehead atoms. The molecule has 0 amide bonds. The van der Waals surface area contributed by atoms with Gasteiger partial charge in [-0.1, -0.05) is 73.1 Å². The smallest absolute Gasteiger partial charge is 0.282 e. The summed E-state index contributed by atoms with van der Waals surface area (Å²) in [5.74, 6) is 1.71. The van der Waals surface area contributed by atoms with Gasteiger partial charge in [-0.3, -0.25) is 4.79 Å². The molecule has 4 aromatic rings. The van der Waals surface area contributed by atoms with Gasteiger partial charge >= 0.3 is 0 Å². The van der Waals surface area contributed by atoms with E-state index >= 15 is 0 Å². The number of benzene rings is 3. The first-order chi connectivity index (χ1) is 16.3. The SMILES string of the molecule is COc1cccc(C=Nn2c(C(C)(C)C)nc3ccc(Br)cc3c2=O)c1OCc1ccccc1. The lowest BCUT2D eigenvalue weighted by Crippen LogP contribution is -2.29. The number of hydrogen-bond donors (Lipinski definition) is 0. The van der Waals surface area contributed by atoms with Gasteiger partial charge in [0.25, 0.3) is 5.56 Å². The summed E-state index contributed by atoms with van der Waals surface area (Å²) in [5.41, 5.74) is 1.72. The summed E-state index contributed by atoms with van der Waals surface area (Å²) in [6, 6.07) is 20.9. The summed E-state index contributed by atoms with van der Waals surface area (Å²) in [7, 11) is 1.60. The van der Waals surface area contributed by atoms with E-state index in [9.17, 15) is 4.79 Å². The predicted molar refractivity (Wildman–Crippen MR) is 139 cm³/mol. The van der Waals surface area contributed by atoms with Crippen molar-refractivity contribution in [1.82, 2.24) is 9.66 Å². The van der Waals surface area contributed by atoms with Crippen LogP contribution < -0.4 is 15.0 Å². The van der Waals surface area contributed by atoms with Crippen LogP contribution in [-0.2, 0) is 12.0 Å². The Morgan fingerprint density at radius 1 is 1.06 bits per heavy atom. The van der Waals surface area contributed by atoms with Gasteiger partial charge in [0.1, 0.15) is 12.4 Å². The summed E-state index contributed by atoms with van der Waals surface area (Å²) in [6.07, 6.45) is 1.62. The molecule has 4 rings (SSSR count). The zero-order valence-electron chi connectivity index (χ0n) is 19.6. The normalized spacial score (nSPS) is 11.8. The van der Waals surface area contributed by atoms with Gasteiger partial charge in [-0.05, 0) is 35.9 Å². The van der Waals surface area contributed by atoms with E-state index in [1.807, 2.05) is 81.4 Å². The number of para-hydroxylation sites is 1. The first kappa shape index (κ1) is 23.7. The van der Waals surface area contributed by atoms with Crippen LogP contribution in [0.5, 0.6) is 11.5 Å². The van der Waals surface area contributed by atoms with Crippen molar-refractivity contribution in [3.05, 3.63) is 98.5 Å². The molecule has 0 N–H and O–H groups in total. The topological polar surface area (TPSA) is 65.7 Å². The van der Waals surface area contributed by atoms with E-state index in [-0.39, 0.29) is 5.56 Å². The first-order valence-corrected chi connectivity index (χ1v) is 11.7. The van der Waals surface area contributed by atoms with Crippen molar-refractivity contribution in [1.29, 1.82) is 0 Å². The van der Waals surface area contributed by atoms with E-state index in [1.54, 1.807) is 19.4 Å². The Kier molecular flexibility index (Phi) is 6.84. The molecule has 0 atom stereocenters. The predicted octanol–water partition coefficient (Wildman–Crippen LogP) is 5.93. The molecular weight excluding hydrogens is 494 g/mol. The zero-order chi connectivity index (χ0) is 24.3. The fourth-order valence-electron chi connectivity index (χ4n) is 3.54. The van der Waals surface area contributed by atoms with Gasteiger partial charge in [-0.15, -0.1) is 0 Å². The molecule has 3 aromatic carbocycles. The van der Waals surface area contributed by atoms with Crippen molar-refractivity contribution in [2.24, 2.45) is 5.10 Å². The highest BCUT2D eigenvalue weighted by atomic mass is 79.9. The second kappa shape index (κ2) is 9.81. The number of fused-ring (bicyclic) bond motifs is 1. The van der Waals surface area contributed by atoms with E-state index in [4.69, 9.17) is 14.5 Å². The molecule has 1 heterocycles. The Bertz CT molecular complexity index is 1410. The van der Waals surface area contributed by atoms with Crippen LogP contribution in [0, 0.1) is 0 Å². The molecule has 0 saturated carbocycles. The highest BCUT2D eigenvalue weighted by molar-refractivity contribution is 9.10. The van der Waals surface area contributed by atoms with Crippen molar-refractivity contribution in [2.45, 2.75) is 32.8 Å². The largest absolute Gasteiger partial charge is 0.493 e. The number of halogens is 1. The van der Waals surface area contributed by atoms with Crippen molar-refractivity contribution in [3.8, 4) is 11.5 Å². The zero-order valence-corrected chi connectivity index (χ0v) is 21.2. The molecule has 174 valence electrons. The summed E-state index contributed by atoms with van der Waals surface area (Å²) < 4.78 is 13.8. The van der Waals surface area contributed by atoms with Crippen molar-refractivity contribution < 1.29 is 9.47 Å². The van der Waals surface area contributed by atoms with Crippen LogP contribution in [0.15, 0.2) is 81.1 Å². The molecule has 1 aromatic heterocycles. The molecule has 0 spiro atoms. The first-order valence-electron chi connectivity index (χ1n) is 10.9. The Morgan fingerprint density at radius 3 is 2.53 bits per heavy atom.